The van der Waals surface area contributed by atoms with E-state index in [2.05, 4.69) is 10.3 Å². The lowest BCUT2D eigenvalue weighted by molar-refractivity contribution is 0.0989. The maximum atomic E-state index is 13.6. The molecule has 1 N–H and O–H groups in total. The predicted molar refractivity (Wildman–Crippen MR) is 72.9 cm³/mol. The summed E-state index contributed by atoms with van der Waals surface area (Å²) in [6.45, 7) is 0. The Hall–Kier alpha value is -2.43. The van der Waals surface area contributed by atoms with Gasteiger partial charge in [0.15, 0.2) is 0 Å². The van der Waals surface area contributed by atoms with E-state index in [1.807, 2.05) is 0 Å². The van der Waals surface area contributed by atoms with Crippen LogP contribution in [0.4, 0.5) is 15.9 Å². The van der Waals surface area contributed by atoms with Crippen LogP contribution in [0.5, 0.6) is 0 Å². The number of benzene rings is 1. The lowest BCUT2D eigenvalue weighted by atomic mass is 10.2. The van der Waals surface area contributed by atoms with E-state index in [-0.39, 0.29) is 5.56 Å². The minimum atomic E-state index is -0.529. The zero-order valence-electron chi connectivity index (χ0n) is 10.7. The number of amides is 1. The molecule has 2 rings (SSSR count). The summed E-state index contributed by atoms with van der Waals surface area (Å²) in [4.78, 5) is 17.6. The summed E-state index contributed by atoms with van der Waals surface area (Å²) < 4.78 is 13.6. The highest BCUT2D eigenvalue weighted by Gasteiger charge is 2.17. The average Bonchev–Trinajstić information content (AvgIpc) is 2.46. The molecule has 1 amide bonds. The van der Waals surface area contributed by atoms with Crippen molar-refractivity contribution >= 4 is 17.4 Å². The molecule has 1 heterocycles. The Bertz CT molecular complexity index is 583. The first kappa shape index (κ1) is 13.0. The molecule has 19 heavy (non-hydrogen) atoms. The van der Waals surface area contributed by atoms with Gasteiger partial charge in [0.1, 0.15) is 11.6 Å². The van der Waals surface area contributed by atoms with Gasteiger partial charge in [-0.15, -0.1) is 0 Å². The van der Waals surface area contributed by atoms with Gasteiger partial charge in [0.25, 0.3) is 5.91 Å². The van der Waals surface area contributed by atoms with Gasteiger partial charge in [0, 0.05) is 14.1 Å². The maximum absolute atomic E-state index is 13.6. The molecule has 0 saturated carbocycles. The van der Waals surface area contributed by atoms with Crippen LogP contribution in [-0.2, 0) is 0 Å². The van der Waals surface area contributed by atoms with Crippen molar-refractivity contribution in [1.82, 2.24) is 4.98 Å². The van der Waals surface area contributed by atoms with Crippen molar-refractivity contribution in [3.05, 3.63) is 54.0 Å². The zero-order valence-corrected chi connectivity index (χ0v) is 10.7. The largest absolute Gasteiger partial charge is 0.373 e. The summed E-state index contributed by atoms with van der Waals surface area (Å²) in [6.07, 6.45) is 1.56. The quantitative estimate of drug-likeness (QED) is 0.921. The van der Waals surface area contributed by atoms with E-state index in [0.717, 1.165) is 0 Å². The van der Waals surface area contributed by atoms with E-state index in [9.17, 15) is 9.18 Å². The molecular formula is C14H14FN3O. The van der Waals surface area contributed by atoms with Gasteiger partial charge < -0.3 is 10.2 Å². The molecule has 0 fully saturated rings. The van der Waals surface area contributed by atoms with Gasteiger partial charge in [-0.3, -0.25) is 4.79 Å². The maximum Gasteiger partial charge on any atom is 0.261 e. The Labute approximate surface area is 110 Å². The average molecular weight is 259 g/mol. The number of pyridine rings is 1. The molecule has 0 spiro atoms. The minimum Gasteiger partial charge on any atom is -0.373 e. The first-order chi connectivity index (χ1) is 9.13. The van der Waals surface area contributed by atoms with Crippen LogP contribution in [0.15, 0.2) is 42.6 Å². The fourth-order valence-corrected chi connectivity index (χ4v) is 1.66. The van der Waals surface area contributed by atoms with Crippen molar-refractivity contribution in [2.45, 2.75) is 0 Å². The highest BCUT2D eigenvalue weighted by molar-refractivity contribution is 6.05. The Morgan fingerprint density at radius 2 is 2.00 bits per heavy atom. The van der Waals surface area contributed by atoms with Crippen LogP contribution in [0.1, 0.15) is 10.4 Å². The molecule has 98 valence electrons. The SMILES string of the molecule is CNc1ccc(N(C)C(=O)c2ccccc2F)cn1. The van der Waals surface area contributed by atoms with Gasteiger partial charge in [-0.2, -0.15) is 0 Å². The summed E-state index contributed by atoms with van der Waals surface area (Å²) in [7, 11) is 3.35. The molecule has 0 atom stereocenters. The number of carbonyl (C=O) groups is 1. The van der Waals surface area contributed by atoms with Crippen LogP contribution in [0.2, 0.25) is 0 Å². The van der Waals surface area contributed by atoms with E-state index in [1.54, 1.807) is 44.6 Å². The first-order valence-corrected chi connectivity index (χ1v) is 5.80. The highest BCUT2D eigenvalue weighted by atomic mass is 19.1. The molecule has 5 heteroatoms. The second kappa shape index (κ2) is 5.48. The smallest absolute Gasteiger partial charge is 0.261 e. The van der Waals surface area contributed by atoms with Crippen LogP contribution in [0.25, 0.3) is 0 Å². The van der Waals surface area contributed by atoms with Gasteiger partial charge in [-0.1, -0.05) is 12.1 Å². The summed E-state index contributed by atoms with van der Waals surface area (Å²) in [5.41, 5.74) is 0.648. The molecule has 1 aromatic heterocycles. The van der Waals surface area contributed by atoms with E-state index in [1.165, 1.54) is 17.0 Å². The van der Waals surface area contributed by atoms with Crippen molar-refractivity contribution < 1.29 is 9.18 Å². The first-order valence-electron chi connectivity index (χ1n) is 5.80. The van der Waals surface area contributed by atoms with E-state index < -0.39 is 11.7 Å². The molecule has 4 nitrogen and oxygen atoms in total. The standard InChI is InChI=1S/C14H14FN3O/c1-16-13-8-7-10(9-17-13)18(2)14(19)11-5-3-4-6-12(11)15/h3-9H,1-2H3,(H,16,17). The molecule has 2 aromatic rings. The Kier molecular flexibility index (Phi) is 3.75. The van der Waals surface area contributed by atoms with Crippen LogP contribution in [0.3, 0.4) is 0 Å². The van der Waals surface area contributed by atoms with E-state index in [0.29, 0.717) is 11.5 Å². The third kappa shape index (κ3) is 2.70. The Balaban J connectivity index is 2.26. The number of nitrogens with one attached hydrogen (secondary N) is 1. The van der Waals surface area contributed by atoms with Gasteiger partial charge in [0.2, 0.25) is 0 Å². The van der Waals surface area contributed by atoms with Crippen molar-refractivity contribution in [2.75, 3.05) is 24.3 Å². The summed E-state index contributed by atoms with van der Waals surface area (Å²) in [5.74, 6) is -0.230. The van der Waals surface area contributed by atoms with Gasteiger partial charge in [-0.05, 0) is 24.3 Å². The lowest BCUT2D eigenvalue weighted by Gasteiger charge is -2.17. The lowest BCUT2D eigenvalue weighted by Crippen LogP contribution is -2.27. The number of anilines is 2. The van der Waals surface area contributed by atoms with Crippen LogP contribution in [-0.4, -0.2) is 25.0 Å². The predicted octanol–water partition coefficient (Wildman–Crippen LogP) is 2.54. The molecule has 0 aliphatic rings. The number of aromatic nitrogens is 1. The monoisotopic (exact) mass is 259 g/mol. The number of hydrogen-bond donors (Lipinski definition) is 1. The van der Waals surface area contributed by atoms with Crippen molar-refractivity contribution in [3.63, 3.8) is 0 Å². The molecule has 0 aliphatic carbocycles. The second-order valence-electron chi connectivity index (χ2n) is 4.00. The Morgan fingerprint density at radius 3 is 2.58 bits per heavy atom. The molecule has 0 aliphatic heterocycles. The van der Waals surface area contributed by atoms with Crippen LogP contribution >= 0.6 is 0 Å². The number of rotatable bonds is 3. The van der Waals surface area contributed by atoms with E-state index in [4.69, 9.17) is 0 Å². The van der Waals surface area contributed by atoms with Gasteiger partial charge in [-0.25, -0.2) is 9.37 Å². The van der Waals surface area contributed by atoms with E-state index >= 15 is 0 Å². The highest BCUT2D eigenvalue weighted by Crippen LogP contribution is 2.17. The molecule has 0 radical (unpaired) electrons. The second-order valence-corrected chi connectivity index (χ2v) is 4.00. The number of nitrogens with zero attached hydrogens (tertiary/aromatic N) is 2. The summed E-state index contributed by atoms with van der Waals surface area (Å²) in [5, 5.41) is 2.89. The number of halogens is 1. The normalized spacial score (nSPS) is 10.1. The topological polar surface area (TPSA) is 45.2 Å². The molecule has 1 aromatic carbocycles. The van der Waals surface area contributed by atoms with Crippen molar-refractivity contribution in [2.24, 2.45) is 0 Å². The van der Waals surface area contributed by atoms with Crippen molar-refractivity contribution in [1.29, 1.82) is 0 Å². The summed E-state index contributed by atoms with van der Waals surface area (Å²) in [6, 6.07) is 9.41. The number of carbonyl (C=O) groups excluding carboxylic acids is 1. The molecular weight excluding hydrogens is 245 g/mol. The fourth-order valence-electron chi connectivity index (χ4n) is 1.66. The Morgan fingerprint density at radius 1 is 1.26 bits per heavy atom. The third-order valence-electron chi connectivity index (χ3n) is 2.80. The third-order valence-corrected chi connectivity index (χ3v) is 2.80. The molecule has 0 unspecified atom stereocenters. The summed E-state index contributed by atoms with van der Waals surface area (Å²) >= 11 is 0. The van der Waals surface area contributed by atoms with Crippen molar-refractivity contribution in [3.8, 4) is 0 Å². The van der Waals surface area contributed by atoms with Crippen LogP contribution in [0, 0.1) is 5.82 Å². The van der Waals surface area contributed by atoms with Crippen LogP contribution < -0.4 is 10.2 Å². The zero-order chi connectivity index (χ0) is 13.8. The minimum absolute atomic E-state index is 0.0442. The number of hydrogen-bond acceptors (Lipinski definition) is 3. The van der Waals surface area contributed by atoms with Gasteiger partial charge in [0.05, 0.1) is 17.4 Å². The fraction of sp³-hybridized carbons (Fsp3) is 0.143. The molecule has 0 saturated heterocycles. The van der Waals surface area contributed by atoms with Gasteiger partial charge >= 0.3 is 0 Å². The molecule has 0 bridgehead atoms.